The second-order valence-electron chi connectivity index (χ2n) is 5.06. The van der Waals surface area contributed by atoms with Gasteiger partial charge in [-0.25, -0.2) is 0 Å². The number of aromatic nitrogens is 3. The minimum absolute atomic E-state index is 1.00. The Morgan fingerprint density at radius 1 is 0.600 bits per heavy atom. The van der Waals surface area contributed by atoms with Crippen molar-refractivity contribution in [3.63, 3.8) is 0 Å². The van der Waals surface area contributed by atoms with Crippen LogP contribution in [-0.4, -0.2) is 21.1 Å². The van der Waals surface area contributed by atoms with Crippen LogP contribution in [0.4, 0.5) is 0 Å². The van der Waals surface area contributed by atoms with Crippen LogP contribution in [0.25, 0.3) is 0 Å². The van der Waals surface area contributed by atoms with Crippen molar-refractivity contribution in [1.82, 2.24) is 15.0 Å². The summed E-state index contributed by atoms with van der Waals surface area (Å²) in [4.78, 5) is 13.7. The molecular weight excluding hydrogens is 245 g/mol. The first-order chi connectivity index (χ1) is 9.82. The maximum Gasteiger partial charge on any atom is 0.141 e. The maximum atomic E-state index is 4.55. The lowest BCUT2D eigenvalue weighted by Gasteiger charge is -2.34. The molecule has 0 saturated carbocycles. The summed E-state index contributed by atoms with van der Waals surface area (Å²) in [5.41, 5.74) is 3.01. The largest absolute Gasteiger partial charge is 0.302 e. The Balaban J connectivity index is 2.24. The lowest BCUT2D eigenvalue weighted by Crippen LogP contribution is -2.67. The Bertz CT molecular complexity index is 575. The number of hydrogen-bond donors (Lipinski definition) is 0. The fourth-order valence-corrected chi connectivity index (χ4v) is 2.61. The molecule has 0 amide bonds. The molecule has 0 bridgehead atoms. The quantitative estimate of drug-likeness (QED) is 0.659. The predicted octanol–water partition coefficient (Wildman–Crippen LogP) is 0.972. The van der Waals surface area contributed by atoms with E-state index in [-0.39, 0.29) is 0 Å². The van der Waals surface area contributed by atoms with Crippen LogP contribution in [0, 0.1) is 0 Å². The first kappa shape index (κ1) is 12.5. The third-order valence-electron chi connectivity index (χ3n) is 3.84. The summed E-state index contributed by atoms with van der Waals surface area (Å²) >= 11 is 0. The van der Waals surface area contributed by atoms with Crippen LogP contribution in [0.5, 0.6) is 0 Å². The SMILES string of the molecule is C[B-](c1ccccn1)(c1ccccn1)c1ccccn1. The second kappa shape index (κ2) is 5.25. The van der Waals surface area contributed by atoms with Gasteiger partial charge in [0.15, 0.2) is 0 Å². The summed E-state index contributed by atoms with van der Waals surface area (Å²) in [7, 11) is 0. The van der Waals surface area contributed by atoms with Crippen molar-refractivity contribution in [2.24, 2.45) is 0 Å². The molecule has 0 fully saturated rings. The fraction of sp³-hybridized carbons (Fsp3) is 0.0625. The van der Waals surface area contributed by atoms with Crippen molar-refractivity contribution in [3.05, 3.63) is 73.2 Å². The smallest absolute Gasteiger partial charge is 0.141 e. The molecule has 0 radical (unpaired) electrons. The molecule has 98 valence electrons. The van der Waals surface area contributed by atoms with Crippen molar-refractivity contribution in [2.45, 2.75) is 6.82 Å². The second-order valence-corrected chi connectivity index (χ2v) is 5.06. The van der Waals surface area contributed by atoms with Gasteiger partial charge >= 0.3 is 0 Å². The maximum absolute atomic E-state index is 4.55. The monoisotopic (exact) mass is 260 g/mol. The van der Waals surface area contributed by atoms with E-state index in [1.807, 2.05) is 73.2 Å². The lowest BCUT2D eigenvalue weighted by atomic mass is 9.20. The van der Waals surface area contributed by atoms with E-state index in [0.29, 0.717) is 0 Å². The van der Waals surface area contributed by atoms with Crippen LogP contribution in [0.2, 0.25) is 6.82 Å². The van der Waals surface area contributed by atoms with Crippen molar-refractivity contribution in [2.75, 3.05) is 0 Å². The zero-order chi connectivity index (χ0) is 13.8. The van der Waals surface area contributed by atoms with Crippen molar-refractivity contribution < 1.29 is 0 Å². The minimum Gasteiger partial charge on any atom is -0.302 e. The van der Waals surface area contributed by atoms with Gasteiger partial charge in [0.2, 0.25) is 0 Å². The molecular formula is C16H15BN3-. The third kappa shape index (κ3) is 2.09. The van der Waals surface area contributed by atoms with Crippen molar-refractivity contribution in [1.29, 1.82) is 0 Å². The third-order valence-corrected chi connectivity index (χ3v) is 3.84. The fourth-order valence-electron chi connectivity index (χ4n) is 2.61. The molecule has 0 N–H and O–H groups in total. The zero-order valence-corrected chi connectivity index (χ0v) is 11.3. The topological polar surface area (TPSA) is 38.7 Å². The van der Waals surface area contributed by atoms with E-state index >= 15 is 0 Å². The average molecular weight is 260 g/mol. The predicted molar refractivity (Wildman–Crippen MR) is 83.2 cm³/mol. The molecule has 4 heteroatoms. The molecule has 0 spiro atoms. The number of nitrogens with zero attached hydrogens (tertiary/aromatic N) is 3. The Hall–Kier alpha value is -2.49. The van der Waals surface area contributed by atoms with Gasteiger partial charge in [0.25, 0.3) is 0 Å². The van der Waals surface area contributed by atoms with E-state index in [1.54, 1.807) is 0 Å². The molecule has 20 heavy (non-hydrogen) atoms. The highest BCUT2D eigenvalue weighted by Crippen LogP contribution is 2.02. The first-order valence-electron chi connectivity index (χ1n) is 6.75. The molecule has 3 nitrogen and oxygen atoms in total. The normalized spacial score (nSPS) is 11.2. The van der Waals surface area contributed by atoms with Crippen LogP contribution in [0.1, 0.15) is 0 Å². The van der Waals surface area contributed by atoms with Crippen LogP contribution in [0.15, 0.2) is 73.2 Å². The molecule has 0 aliphatic rings. The van der Waals surface area contributed by atoms with Crippen LogP contribution in [-0.2, 0) is 0 Å². The summed E-state index contributed by atoms with van der Waals surface area (Å²) < 4.78 is 0. The number of hydrogen-bond acceptors (Lipinski definition) is 3. The first-order valence-corrected chi connectivity index (χ1v) is 6.75. The highest BCUT2D eigenvalue weighted by Gasteiger charge is 2.28. The Morgan fingerprint density at radius 3 is 1.20 bits per heavy atom. The molecule has 3 heterocycles. The van der Waals surface area contributed by atoms with E-state index < -0.39 is 6.15 Å². The molecule has 3 rings (SSSR count). The Morgan fingerprint density at radius 2 is 0.950 bits per heavy atom. The molecule has 0 atom stereocenters. The Kier molecular flexibility index (Phi) is 3.29. The van der Waals surface area contributed by atoms with Crippen LogP contribution >= 0.6 is 0 Å². The van der Waals surface area contributed by atoms with E-state index in [4.69, 9.17) is 0 Å². The zero-order valence-electron chi connectivity index (χ0n) is 11.3. The highest BCUT2D eigenvalue weighted by atomic mass is 14.7. The highest BCUT2D eigenvalue weighted by molar-refractivity contribution is 7.09. The van der Waals surface area contributed by atoms with Gasteiger partial charge in [0, 0.05) is 18.6 Å². The van der Waals surface area contributed by atoms with Crippen LogP contribution in [0.3, 0.4) is 0 Å². The van der Waals surface area contributed by atoms with E-state index in [2.05, 4.69) is 21.8 Å². The molecule has 0 saturated heterocycles. The van der Waals surface area contributed by atoms with Crippen LogP contribution < -0.4 is 16.8 Å². The summed E-state index contributed by atoms with van der Waals surface area (Å²) in [6.45, 7) is 2.17. The summed E-state index contributed by atoms with van der Waals surface area (Å²) in [6.07, 6.45) is 4.22. The molecule has 0 aromatic carbocycles. The summed E-state index contributed by atoms with van der Waals surface area (Å²) in [5.74, 6) is 0. The summed E-state index contributed by atoms with van der Waals surface area (Å²) in [5, 5.41) is 0. The van der Waals surface area contributed by atoms with Gasteiger partial charge in [-0.1, -0.05) is 36.4 Å². The van der Waals surface area contributed by atoms with Crippen molar-refractivity contribution in [3.8, 4) is 0 Å². The number of rotatable bonds is 3. The van der Waals surface area contributed by atoms with Gasteiger partial charge in [-0.15, -0.1) is 16.8 Å². The lowest BCUT2D eigenvalue weighted by molar-refractivity contribution is 1.31. The minimum atomic E-state index is -1.25. The van der Waals surface area contributed by atoms with E-state index in [0.717, 1.165) is 16.8 Å². The number of pyridine rings is 3. The molecule has 3 aromatic heterocycles. The van der Waals surface area contributed by atoms with Gasteiger partial charge in [-0.3, -0.25) is 0 Å². The van der Waals surface area contributed by atoms with Gasteiger partial charge in [0.1, 0.15) is 6.15 Å². The van der Waals surface area contributed by atoms with Gasteiger partial charge in [-0.2, -0.15) is 6.82 Å². The van der Waals surface area contributed by atoms with Gasteiger partial charge in [0.05, 0.1) is 0 Å². The van der Waals surface area contributed by atoms with Crippen molar-refractivity contribution >= 4 is 22.9 Å². The molecule has 0 aliphatic carbocycles. The van der Waals surface area contributed by atoms with E-state index in [1.165, 1.54) is 0 Å². The molecule has 0 unspecified atom stereocenters. The standard InChI is InChI=1S/C16H15BN3/c1-17(14-8-2-5-11-18-14,15-9-3-6-12-19-15)16-10-4-7-13-20-16/h2-13H,1H3/q-1. The Labute approximate surface area is 118 Å². The molecule has 0 aliphatic heterocycles. The molecule has 3 aromatic rings. The van der Waals surface area contributed by atoms with E-state index in [9.17, 15) is 0 Å². The van der Waals surface area contributed by atoms with Gasteiger partial charge < -0.3 is 15.0 Å². The summed E-state index contributed by atoms with van der Waals surface area (Å²) in [6, 6.07) is 17.9. The average Bonchev–Trinajstić information content (AvgIpc) is 2.56. The van der Waals surface area contributed by atoms with Gasteiger partial charge in [-0.05, 0) is 18.2 Å².